The van der Waals surface area contributed by atoms with Gasteiger partial charge in [-0.25, -0.2) is 0 Å². The van der Waals surface area contributed by atoms with Crippen LogP contribution in [0.3, 0.4) is 0 Å². The molecule has 1 aromatic carbocycles. The van der Waals surface area contributed by atoms with Crippen molar-refractivity contribution in [2.24, 2.45) is 5.92 Å². The fraction of sp³-hybridized carbons (Fsp3) is 0.625. The Morgan fingerprint density at radius 2 is 2.00 bits per heavy atom. The standard InChI is InChI=1S/C16H25NO/c1-2-3-12-18-13-11-17-16(15-9-10-15)14-7-5-4-6-8-14/h4-8,15-17H,2-3,9-13H2,1H3. The van der Waals surface area contributed by atoms with Crippen LogP contribution in [-0.2, 0) is 4.74 Å². The summed E-state index contributed by atoms with van der Waals surface area (Å²) < 4.78 is 5.60. The smallest absolute Gasteiger partial charge is 0.0591 e. The predicted molar refractivity (Wildman–Crippen MR) is 75.6 cm³/mol. The Morgan fingerprint density at radius 3 is 2.67 bits per heavy atom. The van der Waals surface area contributed by atoms with Crippen LogP contribution in [0.25, 0.3) is 0 Å². The lowest BCUT2D eigenvalue weighted by atomic mass is 10.0. The summed E-state index contributed by atoms with van der Waals surface area (Å²) in [6.07, 6.45) is 5.11. The molecule has 1 aliphatic rings. The molecule has 0 bridgehead atoms. The second kappa shape index (κ2) is 7.55. The molecule has 0 aliphatic heterocycles. The zero-order chi connectivity index (χ0) is 12.6. The van der Waals surface area contributed by atoms with Crippen molar-refractivity contribution in [2.45, 2.75) is 38.6 Å². The molecule has 1 atom stereocenters. The molecule has 1 aliphatic carbocycles. The molecule has 2 heteroatoms. The molecule has 1 aromatic rings. The molecule has 2 nitrogen and oxygen atoms in total. The number of nitrogens with one attached hydrogen (secondary N) is 1. The second-order valence-electron chi connectivity index (χ2n) is 5.15. The maximum Gasteiger partial charge on any atom is 0.0591 e. The molecule has 1 fully saturated rings. The summed E-state index contributed by atoms with van der Waals surface area (Å²) in [6.45, 7) is 4.88. The summed E-state index contributed by atoms with van der Waals surface area (Å²) in [5, 5.41) is 3.65. The van der Waals surface area contributed by atoms with Crippen LogP contribution < -0.4 is 5.32 Å². The number of ether oxygens (including phenoxy) is 1. The van der Waals surface area contributed by atoms with E-state index >= 15 is 0 Å². The summed E-state index contributed by atoms with van der Waals surface area (Å²) in [5.41, 5.74) is 1.42. The fourth-order valence-electron chi connectivity index (χ4n) is 2.28. The van der Waals surface area contributed by atoms with Gasteiger partial charge in [0.25, 0.3) is 0 Å². The average Bonchev–Trinajstić information content (AvgIpc) is 3.23. The third-order valence-corrected chi connectivity index (χ3v) is 3.50. The molecule has 0 saturated heterocycles. The molecule has 0 radical (unpaired) electrons. The van der Waals surface area contributed by atoms with Crippen LogP contribution in [0.5, 0.6) is 0 Å². The minimum Gasteiger partial charge on any atom is -0.380 e. The molecular weight excluding hydrogens is 222 g/mol. The van der Waals surface area contributed by atoms with Gasteiger partial charge in [0.1, 0.15) is 0 Å². The van der Waals surface area contributed by atoms with Crippen molar-refractivity contribution in [3.8, 4) is 0 Å². The molecule has 0 amide bonds. The van der Waals surface area contributed by atoms with Crippen LogP contribution in [0.15, 0.2) is 30.3 Å². The van der Waals surface area contributed by atoms with E-state index in [4.69, 9.17) is 4.74 Å². The van der Waals surface area contributed by atoms with Crippen LogP contribution in [0.1, 0.15) is 44.2 Å². The summed E-state index contributed by atoms with van der Waals surface area (Å²) in [6, 6.07) is 11.3. The number of unbranched alkanes of at least 4 members (excludes halogenated alkanes) is 1. The zero-order valence-electron chi connectivity index (χ0n) is 11.4. The Labute approximate surface area is 111 Å². The molecule has 0 spiro atoms. The Morgan fingerprint density at radius 1 is 1.22 bits per heavy atom. The first-order valence-electron chi connectivity index (χ1n) is 7.28. The van der Waals surface area contributed by atoms with Gasteiger partial charge in [-0.1, -0.05) is 43.7 Å². The zero-order valence-corrected chi connectivity index (χ0v) is 11.4. The van der Waals surface area contributed by atoms with Gasteiger partial charge < -0.3 is 10.1 Å². The number of hydrogen-bond acceptors (Lipinski definition) is 2. The minimum atomic E-state index is 0.529. The second-order valence-corrected chi connectivity index (χ2v) is 5.15. The van der Waals surface area contributed by atoms with Crippen molar-refractivity contribution in [3.05, 3.63) is 35.9 Å². The topological polar surface area (TPSA) is 21.3 Å². The first-order valence-corrected chi connectivity index (χ1v) is 7.28. The van der Waals surface area contributed by atoms with Crippen LogP contribution in [0.4, 0.5) is 0 Å². The van der Waals surface area contributed by atoms with E-state index in [0.717, 1.165) is 25.7 Å². The number of benzene rings is 1. The van der Waals surface area contributed by atoms with Crippen molar-refractivity contribution in [3.63, 3.8) is 0 Å². The quantitative estimate of drug-likeness (QED) is 0.674. The van der Waals surface area contributed by atoms with E-state index in [2.05, 4.69) is 42.6 Å². The lowest BCUT2D eigenvalue weighted by molar-refractivity contribution is 0.130. The normalized spacial score (nSPS) is 16.7. The third-order valence-electron chi connectivity index (χ3n) is 3.50. The highest BCUT2D eigenvalue weighted by molar-refractivity contribution is 5.21. The molecule has 18 heavy (non-hydrogen) atoms. The highest BCUT2D eigenvalue weighted by Gasteiger charge is 2.31. The van der Waals surface area contributed by atoms with Crippen LogP contribution in [-0.4, -0.2) is 19.8 Å². The first-order chi connectivity index (χ1) is 8.92. The summed E-state index contributed by atoms with van der Waals surface area (Å²) in [5.74, 6) is 0.836. The number of hydrogen-bond donors (Lipinski definition) is 1. The molecule has 1 saturated carbocycles. The summed E-state index contributed by atoms with van der Waals surface area (Å²) in [7, 11) is 0. The summed E-state index contributed by atoms with van der Waals surface area (Å²) in [4.78, 5) is 0. The Bertz CT molecular complexity index is 321. The van der Waals surface area contributed by atoms with Gasteiger partial charge in [0.05, 0.1) is 6.61 Å². The van der Waals surface area contributed by atoms with Crippen molar-refractivity contribution in [1.29, 1.82) is 0 Å². The highest BCUT2D eigenvalue weighted by atomic mass is 16.5. The van der Waals surface area contributed by atoms with Crippen LogP contribution in [0, 0.1) is 5.92 Å². The van der Waals surface area contributed by atoms with E-state index in [1.807, 2.05) is 0 Å². The molecule has 1 N–H and O–H groups in total. The van der Waals surface area contributed by atoms with E-state index in [9.17, 15) is 0 Å². The van der Waals surface area contributed by atoms with Gasteiger partial charge in [0.2, 0.25) is 0 Å². The van der Waals surface area contributed by atoms with Crippen LogP contribution >= 0.6 is 0 Å². The van der Waals surface area contributed by atoms with Crippen molar-refractivity contribution >= 4 is 0 Å². The molecule has 0 aromatic heterocycles. The Kier molecular flexibility index (Phi) is 5.69. The average molecular weight is 247 g/mol. The maximum absolute atomic E-state index is 5.60. The van der Waals surface area contributed by atoms with Gasteiger partial charge in [-0.15, -0.1) is 0 Å². The molecule has 1 unspecified atom stereocenters. The van der Waals surface area contributed by atoms with E-state index in [1.54, 1.807) is 0 Å². The molecular formula is C16H25NO. The van der Waals surface area contributed by atoms with E-state index in [0.29, 0.717) is 6.04 Å². The van der Waals surface area contributed by atoms with Gasteiger partial charge in [0, 0.05) is 19.2 Å². The Balaban J connectivity index is 1.71. The van der Waals surface area contributed by atoms with Crippen molar-refractivity contribution in [1.82, 2.24) is 5.32 Å². The predicted octanol–water partition coefficient (Wildman–Crippen LogP) is 3.54. The first kappa shape index (κ1) is 13.6. The van der Waals surface area contributed by atoms with Crippen molar-refractivity contribution in [2.75, 3.05) is 19.8 Å². The molecule has 0 heterocycles. The SMILES string of the molecule is CCCCOCCNC(c1ccccc1)C1CC1. The van der Waals surface area contributed by atoms with E-state index < -0.39 is 0 Å². The fourth-order valence-corrected chi connectivity index (χ4v) is 2.28. The van der Waals surface area contributed by atoms with Crippen LogP contribution in [0.2, 0.25) is 0 Å². The number of rotatable bonds is 9. The van der Waals surface area contributed by atoms with Gasteiger partial charge in [-0.2, -0.15) is 0 Å². The van der Waals surface area contributed by atoms with Gasteiger partial charge in [-0.3, -0.25) is 0 Å². The monoisotopic (exact) mass is 247 g/mol. The largest absolute Gasteiger partial charge is 0.380 e. The molecule has 100 valence electrons. The highest BCUT2D eigenvalue weighted by Crippen LogP contribution is 2.40. The lowest BCUT2D eigenvalue weighted by Crippen LogP contribution is -2.26. The summed E-state index contributed by atoms with van der Waals surface area (Å²) >= 11 is 0. The molecule has 2 rings (SSSR count). The Hall–Kier alpha value is -0.860. The minimum absolute atomic E-state index is 0.529. The van der Waals surface area contributed by atoms with Gasteiger partial charge in [-0.05, 0) is 30.7 Å². The lowest BCUT2D eigenvalue weighted by Gasteiger charge is -2.18. The maximum atomic E-state index is 5.60. The van der Waals surface area contributed by atoms with Crippen molar-refractivity contribution < 1.29 is 4.74 Å². The van der Waals surface area contributed by atoms with Gasteiger partial charge in [0.15, 0.2) is 0 Å². The van der Waals surface area contributed by atoms with E-state index in [1.165, 1.54) is 31.2 Å². The van der Waals surface area contributed by atoms with Gasteiger partial charge >= 0.3 is 0 Å². The van der Waals surface area contributed by atoms with E-state index in [-0.39, 0.29) is 0 Å². The third kappa shape index (κ3) is 4.43.